The molecule has 15 heavy (non-hydrogen) atoms. The Labute approximate surface area is 92.5 Å². The lowest BCUT2D eigenvalue weighted by atomic mass is 10.1. The molecule has 1 aromatic rings. The molecule has 0 aromatic carbocycles. The Morgan fingerprint density at radius 2 is 2.07 bits per heavy atom. The first-order valence-corrected chi connectivity index (χ1v) is 5.90. The van der Waals surface area contributed by atoms with E-state index in [4.69, 9.17) is 11.0 Å². The van der Waals surface area contributed by atoms with Crippen molar-refractivity contribution in [2.75, 3.05) is 0 Å². The van der Waals surface area contributed by atoms with Gasteiger partial charge in [-0.05, 0) is 31.2 Å². The van der Waals surface area contributed by atoms with Crippen LogP contribution in [0.25, 0.3) is 0 Å². The van der Waals surface area contributed by atoms with Crippen LogP contribution in [0.15, 0.2) is 0 Å². The second-order valence-electron chi connectivity index (χ2n) is 3.74. The van der Waals surface area contributed by atoms with Gasteiger partial charge in [-0.2, -0.15) is 5.26 Å². The number of amides is 1. The van der Waals surface area contributed by atoms with E-state index in [0.29, 0.717) is 10.4 Å². The molecule has 0 radical (unpaired) electrons. The number of nitrogens with two attached hydrogens (primary N) is 1. The van der Waals surface area contributed by atoms with Gasteiger partial charge in [0.1, 0.15) is 10.9 Å². The average molecular weight is 220 g/mol. The molecule has 0 aliphatic heterocycles. The fourth-order valence-electron chi connectivity index (χ4n) is 2.03. The number of nitriles is 1. The van der Waals surface area contributed by atoms with E-state index in [1.54, 1.807) is 0 Å². The quantitative estimate of drug-likeness (QED) is 0.735. The zero-order valence-electron chi connectivity index (χ0n) is 8.38. The number of primary amides is 1. The molecule has 3 nitrogen and oxygen atoms in total. The summed E-state index contributed by atoms with van der Waals surface area (Å²) in [6.07, 6.45) is 5.37. The van der Waals surface area contributed by atoms with Crippen molar-refractivity contribution in [1.29, 1.82) is 5.26 Å². The number of fused-ring (bicyclic) bond motifs is 1. The molecule has 1 aromatic heterocycles. The molecule has 0 fully saturated rings. The van der Waals surface area contributed by atoms with E-state index in [-0.39, 0.29) is 0 Å². The highest BCUT2D eigenvalue weighted by Gasteiger charge is 2.21. The van der Waals surface area contributed by atoms with Crippen molar-refractivity contribution in [3.63, 3.8) is 0 Å². The smallest absolute Gasteiger partial charge is 0.260 e. The summed E-state index contributed by atoms with van der Waals surface area (Å²) in [5.41, 5.74) is 6.87. The van der Waals surface area contributed by atoms with Crippen LogP contribution in [0.2, 0.25) is 0 Å². The van der Waals surface area contributed by atoms with E-state index in [9.17, 15) is 4.79 Å². The molecule has 0 saturated carbocycles. The number of hydrogen-bond acceptors (Lipinski definition) is 3. The highest BCUT2D eigenvalue weighted by molar-refractivity contribution is 7.14. The Hall–Kier alpha value is -1.34. The predicted octanol–water partition coefficient (Wildman–Crippen LogP) is 1.99. The maximum absolute atomic E-state index is 11.2. The third-order valence-electron chi connectivity index (χ3n) is 2.76. The minimum Gasteiger partial charge on any atom is -0.365 e. The maximum Gasteiger partial charge on any atom is 0.260 e. The van der Waals surface area contributed by atoms with Crippen LogP contribution in [0.4, 0.5) is 0 Å². The monoisotopic (exact) mass is 220 g/mol. The number of nitrogens with zero attached hydrogens (tertiary/aromatic N) is 1. The number of hydrogen-bond donors (Lipinski definition) is 1. The molecule has 1 aliphatic rings. The van der Waals surface area contributed by atoms with Crippen LogP contribution in [0, 0.1) is 11.3 Å². The lowest BCUT2D eigenvalue weighted by Crippen LogP contribution is -2.10. The number of rotatable bonds is 1. The lowest BCUT2D eigenvalue weighted by Gasteiger charge is -1.96. The van der Waals surface area contributed by atoms with Crippen molar-refractivity contribution < 1.29 is 4.79 Å². The minimum atomic E-state index is -0.468. The summed E-state index contributed by atoms with van der Waals surface area (Å²) in [5, 5.41) is 9.05. The van der Waals surface area contributed by atoms with Gasteiger partial charge in [0.05, 0.1) is 5.56 Å². The molecular weight excluding hydrogens is 208 g/mol. The minimum absolute atomic E-state index is 0.449. The molecule has 2 rings (SSSR count). The Morgan fingerprint density at radius 3 is 2.73 bits per heavy atom. The van der Waals surface area contributed by atoms with Crippen LogP contribution in [-0.2, 0) is 12.8 Å². The fourth-order valence-corrected chi connectivity index (χ4v) is 3.23. The third kappa shape index (κ3) is 1.75. The Balaban J connectivity index is 2.54. The van der Waals surface area contributed by atoms with Crippen molar-refractivity contribution in [2.45, 2.75) is 32.1 Å². The standard InChI is InChI=1S/C11H12N2OS/c12-6-8-7-4-2-1-3-5-9(7)15-10(8)11(13)14/h1-5H2,(H2,13,14). The van der Waals surface area contributed by atoms with Crippen LogP contribution in [0.1, 0.15) is 44.9 Å². The molecule has 0 unspecified atom stereocenters. The number of thiophene rings is 1. The highest BCUT2D eigenvalue weighted by Crippen LogP contribution is 2.32. The first-order valence-electron chi connectivity index (χ1n) is 5.08. The van der Waals surface area contributed by atoms with Gasteiger partial charge in [0.2, 0.25) is 0 Å². The van der Waals surface area contributed by atoms with Gasteiger partial charge in [-0.1, -0.05) is 6.42 Å². The van der Waals surface area contributed by atoms with E-state index in [2.05, 4.69) is 6.07 Å². The summed E-state index contributed by atoms with van der Waals surface area (Å²) in [6.45, 7) is 0. The summed E-state index contributed by atoms with van der Waals surface area (Å²) in [7, 11) is 0. The molecule has 78 valence electrons. The third-order valence-corrected chi connectivity index (χ3v) is 4.06. The summed E-state index contributed by atoms with van der Waals surface area (Å²) >= 11 is 1.41. The second-order valence-corrected chi connectivity index (χ2v) is 4.85. The molecule has 2 N–H and O–H groups in total. The van der Waals surface area contributed by atoms with E-state index in [0.717, 1.165) is 31.2 Å². The molecule has 0 spiro atoms. The molecule has 4 heteroatoms. The number of carbonyl (C=O) groups excluding carboxylic acids is 1. The van der Waals surface area contributed by atoms with Crippen LogP contribution >= 0.6 is 11.3 Å². The summed E-state index contributed by atoms with van der Waals surface area (Å²) in [5.74, 6) is -0.468. The van der Waals surface area contributed by atoms with Gasteiger partial charge in [0.15, 0.2) is 0 Å². The highest BCUT2D eigenvalue weighted by atomic mass is 32.1. The van der Waals surface area contributed by atoms with Gasteiger partial charge in [-0.3, -0.25) is 4.79 Å². The SMILES string of the molecule is N#Cc1c(C(N)=O)sc2c1CCCCC2. The van der Waals surface area contributed by atoms with Gasteiger partial charge in [-0.15, -0.1) is 11.3 Å². The lowest BCUT2D eigenvalue weighted by molar-refractivity contribution is 0.100. The van der Waals surface area contributed by atoms with E-state index in [1.165, 1.54) is 22.6 Å². The van der Waals surface area contributed by atoms with Crippen molar-refractivity contribution in [2.24, 2.45) is 5.73 Å². The number of aryl methyl sites for hydroxylation is 1. The van der Waals surface area contributed by atoms with Crippen LogP contribution in [-0.4, -0.2) is 5.91 Å². The summed E-state index contributed by atoms with van der Waals surface area (Å²) < 4.78 is 0. The van der Waals surface area contributed by atoms with E-state index < -0.39 is 5.91 Å². The molecular formula is C11H12N2OS. The topological polar surface area (TPSA) is 66.9 Å². The fraction of sp³-hybridized carbons (Fsp3) is 0.455. The second kappa shape index (κ2) is 4.03. The Bertz CT molecular complexity index is 442. The Morgan fingerprint density at radius 1 is 1.33 bits per heavy atom. The van der Waals surface area contributed by atoms with Gasteiger partial charge in [-0.25, -0.2) is 0 Å². The first-order chi connectivity index (χ1) is 7.24. The van der Waals surface area contributed by atoms with Crippen LogP contribution < -0.4 is 5.73 Å². The van der Waals surface area contributed by atoms with Crippen LogP contribution in [0.5, 0.6) is 0 Å². The van der Waals surface area contributed by atoms with E-state index in [1.807, 2.05) is 0 Å². The molecule has 1 aliphatic carbocycles. The zero-order valence-corrected chi connectivity index (χ0v) is 9.19. The van der Waals surface area contributed by atoms with Crippen LogP contribution in [0.3, 0.4) is 0 Å². The van der Waals surface area contributed by atoms with Gasteiger partial charge >= 0.3 is 0 Å². The first kappa shape index (κ1) is 10.2. The average Bonchev–Trinajstić information content (AvgIpc) is 2.40. The molecule has 0 atom stereocenters. The van der Waals surface area contributed by atoms with Crippen molar-refractivity contribution in [3.8, 4) is 6.07 Å². The maximum atomic E-state index is 11.2. The normalized spacial score (nSPS) is 15.1. The van der Waals surface area contributed by atoms with Gasteiger partial charge in [0.25, 0.3) is 5.91 Å². The van der Waals surface area contributed by atoms with Crippen molar-refractivity contribution >= 4 is 17.2 Å². The van der Waals surface area contributed by atoms with Crippen molar-refractivity contribution in [1.82, 2.24) is 0 Å². The van der Waals surface area contributed by atoms with Gasteiger partial charge < -0.3 is 5.73 Å². The molecule has 0 saturated heterocycles. The Kier molecular flexibility index (Phi) is 2.74. The molecule has 1 heterocycles. The summed E-state index contributed by atoms with van der Waals surface area (Å²) in [4.78, 5) is 12.8. The largest absolute Gasteiger partial charge is 0.365 e. The predicted molar refractivity (Wildman–Crippen MR) is 58.8 cm³/mol. The van der Waals surface area contributed by atoms with E-state index >= 15 is 0 Å². The zero-order chi connectivity index (χ0) is 10.8. The molecule has 0 bridgehead atoms. The summed E-state index contributed by atoms with van der Waals surface area (Å²) in [6, 6.07) is 2.12. The van der Waals surface area contributed by atoms with Gasteiger partial charge in [0, 0.05) is 4.88 Å². The molecule has 1 amide bonds. The van der Waals surface area contributed by atoms with Crippen molar-refractivity contribution in [3.05, 3.63) is 20.9 Å². The number of carbonyl (C=O) groups is 1.